The minimum absolute atomic E-state index is 0.258. The van der Waals surface area contributed by atoms with Gasteiger partial charge < -0.3 is 14.4 Å². The van der Waals surface area contributed by atoms with Crippen molar-refractivity contribution in [3.8, 4) is 28.3 Å². The molecule has 0 spiro atoms. The molecule has 4 heteroatoms. The van der Waals surface area contributed by atoms with E-state index in [-0.39, 0.29) is 5.75 Å². The van der Waals surface area contributed by atoms with Crippen LogP contribution in [-0.2, 0) is 0 Å². The van der Waals surface area contributed by atoms with Crippen LogP contribution in [0, 0.1) is 6.92 Å². The highest BCUT2D eigenvalue weighted by molar-refractivity contribution is 7.08. The van der Waals surface area contributed by atoms with Crippen molar-refractivity contribution in [3.05, 3.63) is 77.0 Å². The van der Waals surface area contributed by atoms with E-state index in [9.17, 15) is 5.11 Å². The SMILES string of the molecule is COc1cscc1-c1cc(C)cc(-n2c3ccccc3c3ccccc32)c1O. The highest BCUT2D eigenvalue weighted by Gasteiger charge is 2.19. The molecule has 2 heterocycles. The molecule has 0 atom stereocenters. The van der Waals surface area contributed by atoms with Gasteiger partial charge in [0.15, 0.2) is 0 Å². The maximum atomic E-state index is 11.3. The molecule has 5 rings (SSSR count). The van der Waals surface area contributed by atoms with Gasteiger partial charge in [0.1, 0.15) is 11.5 Å². The molecule has 3 aromatic carbocycles. The zero-order valence-corrected chi connectivity index (χ0v) is 16.5. The van der Waals surface area contributed by atoms with Crippen LogP contribution in [0.3, 0.4) is 0 Å². The number of phenolic OH excluding ortho intramolecular Hbond substituents is 1. The van der Waals surface area contributed by atoms with Crippen molar-refractivity contribution in [2.75, 3.05) is 7.11 Å². The molecule has 0 aliphatic rings. The zero-order chi connectivity index (χ0) is 19.3. The van der Waals surface area contributed by atoms with Gasteiger partial charge in [-0.3, -0.25) is 0 Å². The van der Waals surface area contributed by atoms with E-state index in [2.05, 4.69) is 47.9 Å². The van der Waals surface area contributed by atoms with Crippen LogP contribution in [0.15, 0.2) is 71.4 Å². The number of aromatic nitrogens is 1. The summed E-state index contributed by atoms with van der Waals surface area (Å²) in [6.07, 6.45) is 0. The second kappa shape index (κ2) is 6.43. The molecule has 0 saturated carbocycles. The van der Waals surface area contributed by atoms with Gasteiger partial charge in [0.05, 0.1) is 23.8 Å². The van der Waals surface area contributed by atoms with Gasteiger partial charge in [-0.15, -0.1) is 11.3 Å². The summed E-state index contributed by atoms with van der Waals surface area (Å²) < 4.78 is 7.65. The summed E-state index contributed by atoms with van der Waals surface area (Å²) in [5.74, 6) is 1.04. The van der Waals surface area contributed by atoms with Gasteiger partial charge in [0.2, 0.25) is 0 Å². The number of ether oxygens (including phenoxy) is 1. The average Bonchev–Trinajstić information content (AvgIpc) is 3.32. The van der Waals surface area contributed by atoms with Crippen LogP contribution in [-0.4, -0.2) is 16.8 Å². The minimum atomic E-state index is 0.258. The summed E-state index contributed by atoms with van der Waals surface area (Å²) >= 11 is 1.57. The molecule has 0 fully saturated rings. The quantitative estimate of drug-likeness (QED) is 0.383. The van der Waals surface area contributed by atoms with Gasteiger partial charge in [-0.1, -0.05) is 36.4 Å². The summed E-state index contributed by atoms with van der Waals surface area (Å²) in [5, 5.41) is 17.6. The molecule has 0 radical (unpaired) electrons. The highest BCUT2D eigenvalue weighted by atomic mass is 32.1. The van der Waals surface area contributed by atoms with E-state index in [1.54, 1.807) is 18.4 Å². The number of hydrogen-bond acceptors (Lipinski definition) is 3. The third kappa shape index (κ3) is 2.42. The van der Waals surface area contributed by atoms with Crippen molar-refractivity contribution >= 4 is 33.1 Å². The zero-order valence-electron chi connectivity index (χ0n) is 15.6. The highest BCUT2D eigenvalue weighted by Crippen LogP contribution is 2.43. The Morgan fingerprint density at radius 3 is 2.14 bits per heavy atom. The largest absolute Gasteiger partial charge is 0.505 e. The first-order chi connectivity index (χ1) is 13.7. The van der Waals surface area contributed by atoms with Crippen LogP contribution in [0.4, 0.5) is 0 Å². The molecular weight excluding hydrogens is 366 g/mol. The van der Waals surface area contributed by atoms with Crippen molar-refractivity contribution in [1.82, 2.24) is 4.57 Å². The lowest BCUT2D eigenvalue weighted by atomic mass is 10.0. The van der Waals surface area contributed by atoms with Gasteiger partial charge >= 0.3 is 0 Å². The summed E-state index contributed by atoms with van der Waals surface area (Å²) in [5.41, 5.74) is 5.71. The summed E-state index contributed by atoms with van der Waals surface area (Å²) in [7, 11) is 1.66. The standard InChI is InChI=1S/C24H19NO2S/c1-15-11-18(19-13-28-14-23(19)27-2)24(26)22(12-15)25-20-9-5-3-7-16(20)17-8-4-6-10-21(17)25/h3-14,26H,1-2H3. The van der Waals surface area contributed by atoms with Gasteiger partial charge in [-0.25, -0.2) is 0 Å². The number of fused-ring (bicyclic) bond motifs is 3. The van der Waals surface area contributed by atoms with Crippen LogP contribution in [0.25, 0.3) is 38.6 Å². The maximum Gasteiger partial charge on any atom is 0.147 e. The molecule has 1 N–H and O–H groups in total. The molecule has 3 nitrogen and oxygen atoms in total. The lowest BCUT2D eigenvalue weighted by Gasteiger charge is -2.15. The Bertz CT molecular complexity index is 1280. The summed E-state index contributed by atoms with van der Waals surface area (Å²) in [4.78, 5) is 0. The third-order valence-corrected chi connectivity index (χ3v) is 5.91. The Hall–Kier alpha value is -3.24. The first-order valence-electron chi connectivity index (χ1n) is 9.11. The number of phenols is 1. The first kappa shape index (κ1) is 16.9. The van der Waals surface area contributed by atoms with Crippen molar-refractivity contribution in [1.29, 1.82) is 0 Å². The van der Waals surface area contributed by atoms with Crippen molar-refractivity contribution in [3.63, 3.8) is 0 Å². The van der Waals surface area contributed by atoms with Crippen molar-refractivity contribution < 1.29 is 9.84 Å². The lowest BCUT2D eigenvalue weighted by Crippen LogP contribution is -1.97. The van der Waals surface area contributed by atoms with Crippen LogP contribution < -0.4 is 4.74 Å². The molecular formula is C24H19NO2S. The number of benzene rings is 3. The van der Waals surface area contributed by atoms with E-state index < -0.39 is 0 Å². The Morgan fingerprint density at radius 1 is 0.857 bits per heavy atom. The van der Waals surface area contributed by atoms with Gasteiger partial charge in [-0.05, 0) is 36.8 Å². The molecule has 0 aliphatic heterocycles. The fourth-order valence-corrected chi connectivity index (χ4v) is 4.75. The van der Waals surface area contributed by atoms with Crippen LogP contribution in [0.1, 0.15) is 5.56 Å². The predicted molar refractivity (Wildman–Crippen MR) is 117 cm³/mol. The molecule has 2 aromatic heterocycles. The van der Waals surface area contributed by atoms with Crippen molar-refractivity contribution in [2.24, 2.45) is 0 Å². The monoisotopic (exact) mass is 385 g/mol. The topological polar surface area (TPSA) is 34.4 Å². The van der Waals surface area contributed by atoms with Gasteiger partial charge in [-0.2, -0.15) is 0 Å². The molecule has 0 aliphatic carbocycles. The molecule has 0 saturated heterocycles. The van der Waals surface area contributed by atoms with E-state index in [0.717, 1.165) is 39.2 Å². The number of aryl methyl sites for hydroxylation is 1. The van der Waals surface area contributed by atoms with Crippen LogP contribution >= 0.6 is 11.3 Å². The number of aromatic hydroxyl groups is 1. The number of nitrogens with zero attached hydrogens (tertiary/aromatic N) is 1. The van der Waals surface area contributed by atoms with E-state index >= 15 is 0 Å². The number of thiophene rings is 1. The number of para-hydroxylation sites is 2. The van der Waals surface area contributed by atoms with E-state index in [1.807, 2.05) is 35.0 Å². The van der Waals surface area contributed by atoms with Crippen LogP contribution in [0.5, 0.6) is 11.5 Å². The van der Waals surface area contributed by atoms with Crippen molar-refractivity contribution in [2.45, 2.75) is 6.92 Å². The average molecular weight is 385 g/mol. The fraction of sp³-hybridized carbons (Fsp3) is 0.0833. The third-order valence-electron chi connectivity index (χ3n) is 5.19. The Kier molecular flexibility index (Phi) is 3.88. The number of hydrogen-bond donors (Lipinski definition) is 1. The Labute approximate surface area is 167 Å². The Balaban J connectivity index is 1.88. The second-order valence-electron chi connectivity index (χ2n) is 6.90. The summed E-state index contributed by atoms with van der Waals surface area (Å²) in [6.45, 7) is 2.05. The number of methoxy groups -OCH3 is 1. The fourth-order valence-electron chi connectivity index (χ4n) is 3.96. The minimum Gasteiger partial charge on any atom is -0.505 e. The lowest BCUT2D eigenvalue weighted by molar-refractivity contribution is 0.417. The summed E-state index contributed by atoms with van der Waals surface area (Å²) in [6, 6.07) is 20.7. The van der Waals surface area contributed by atoms with Crippen LogP contribution in [0.2, 0.25) is 0 Å². The van der Waals surface area contributed by atoms with E-state index in [4.69, 9.17) is 4.74 Å². The van der Waals surface area contributed by atoms with E-state index in [1.165, 1.54) is 10.8 Å². The van der Waals surface area contributed by atoms with E-state index in [0.29, 0.717) is 0 Å². The molecule has 0 bridgehead atoms. The normalized spacial score (nSPS) is 11.4. The molecule has 0 amide bonds. The molecule has 0 unspecified atom stereocenters. The molecule has 5 aromatic rings. The predicted octanol–water partition coefficient (Wildman–Crippen LogP) is 6.53. The number of rotatable bonds is 3. The molecule has 138 valence electrons. The smallest absolute Gasteiger partial charge is 0.147 e. The first-order valence-corrected chi connectivity index (χ1v) is 10.1. The molecule has 28 heavy (non-hydrogen) atoms. The van der Waals surface area contributed by atoms with Gasteiger partial charge in [0.25, 0.3) is 0 Å². The second-order valence-corrected chi connectivity index (χ2v) is 7.65. The van der Waals surface area contributed by atoms with Gasteiger partial charge in [0, 0.05) is 32.7 Å². The maximum absolute atomic E-state index is 11.3. The Morgan fingerprint density at radius 2 is 1.50 bits per heavy atom.